The summed E-state index contributed by atoms with van der Waals surface area (Å²) in [5.41, 5.74) is 1.16. The average molecular weight is 649 g/mol. The molecule has 3 unspecified atom stereocenters. The molecule has 13 nitrogen and oxygen atoms in total. The van der Waals surface area contributed by atoms with Crippen molar-refractivity contribution in [1.29, 1.82) is 0 Å². The predicted molar refractivity (Wildman–Crippen MR) is 173 cm³/mol. The van der Waals surface area contributed by atoms with Crippen LogP contribution >= 0.6 is 11.8 Å². The van der Waals surface area contributed by atoms with Crippen LogP contribution in [-0.4, -0.2) is 84.4 Å². The Morgan fingerprint density at radius 2 is 1.80 bits per heavy atom. The van der Waals surface area contributed by atoms with Gasteiger partial charge >= 0.3 is 12.0 Å². The highest BCUT2D eigenvalue weighted by Crippen LogP contribution is 2.27. The molecule has 4 amide bonds. The highest BCUT2D eigenvalue weighted by atomic mass is 32.2. The molecule has 45 heavy (non-hydrogen) atoms. The van der Waals surface area contributed by atoms with E-state index in [4.69, 9.17) is 14.0 Å². The molecule has 3 rings (SSSR count). The van der Waals surface area contributed by atoms with E-state index in [2.05, 4.69) is 37.7 Å². The minimum Gasteiger partial charge on any atom is -0.483 e. The van der Waals surface area contributed by atoms with Gasteiger partial charge in [0.15, 0.2) is 12.4 Å². The number of ether oxygens (including phenoxy) is 2. The van der Waals surface area contributed by atoms with Crippen molar-refractivity contribution in [2.75, 3.05) is 33.1 Å². The van der Waals surface area contributed by atoms with E-state index in [0.29, 0.717) is 53.4 Å². The summed E-state index contributed by atoms with van der Waals surface area (Å²) in [7, 11) is 1.30. The van der Waals surface area contributed by atoms with Crippen molar-refractivity contribution in [3.63, 3.8) is 0 Å². The first kappa shape index (κ1) is 37.4. The molecule has 0 radical (unpaired) electrons. The van der Waals surface area contributed by atoms with Gasteiger partial charge in [-0.25, -0.2) is 4.79 Å². The summed E-state index contributed by atoms with van der Waals surface area (Å²) in [5.74, 6) is 0.524. The highest BCUT2D eigenvalue weighted by Gasteiger charge is 2.33. The number of esters is 1. The first-order chi connectivity index (χ1) is 21.2. The lowest BCUT2D eigenvalue weighted by atomic mass is 10.0. The quantitative estimate of drug-likeness (QED) is 0.130. The number of nitrogens with zero attached hydrogens (tertiary/aromatic N) is 2. The van der Waals surface area contributed by atoms with E-state index in [1.165, 1.54) is 7.11 Å². The van der Waals surface area contributed by atoms with E-state index in [9.17, 15) is 19.2 Å². The van der Waals surface area contributed by atoms with Gasteiger partial charge in [-0.05, 0) is 70.4 Å². The normalized spacial score (nSPS) is 16.1. The van der Waals surface area contributed by atoms with Gasteiger partial charge in [-0.2, -0.15) is 16.7 Å². The van der Waals surface area contributed by atoms with Crippen LogP contribution in [0.2, 0.25) is 0 Å². The Morgan fingerprint density at radius 1 is 1.07 bits per heavy atom. The van der Waals surface area contributed by atoms with Gasteiger partial charge in [-0.3, -0.25) is 14.4 Å². The maximum absolute atomic E-state index is 12.3. The summed E-state index contributed by atoms with van der Waals surface area (Å²) >= 11 is 1.75. The van der Waals surface area contributed by atoms with Crippen LogP contribution in [0.3, 0.4) is 0 Å². The van der Waals surface area contributed by atoms with E-state index in [0.717, 1.165) is 38.5 Å². The third kappa shape index (κ3) is 12.6. The van der Waals surface area contributed by atoms with Crippen LogP contribution in [-0.2, 0) is 25.5 Å². The number of unbranched alkanes of at least 4 members (excludes halogenated alkanes) is 3. The van der Waals surface area contributed by atoms with Gasteiger partial charge in [0.1, 0.15) is 5.75 Å². The van der Waals surface area contributed by atoms with Gasteiger partial charge in [-0.15, -0.1) is 0 Å². The van der Waals surface area contributed by atoms with Crippen molar-refractivity contribution in [2.24, 2.45) is 0 Å². The monoisotopic (exact) mass is 648 g/mol. The molecular formula is C31H48N6O7S. The summed E-state index contributed by atoms with van der Waals surface area (Å²) in [4.78, 5) is 52.2. The Morgan fingerprint density at radius 3 is 2.42 bits per heavy atom. The minimum absolute atomic E-state index is 0. The topological polar surface area (TPSA) is 174 Å². The molecule has 1 saturated heterocycles. The molecule has 0 saturated carbocycles. The lowest BCUT2D eigenvalue weighted by Gasteiger charge is -2.24. The van der Waals surface area contributed by atoms with E-state index in [-0.39, 0.29) is 50.4 Å². The summed E-state index contributed by atoms with van der Waals surface area (Å²) in [6.07, 6.45) is 7.64. The van der Waals surface area contributed by atoms with E-state index < -0.39 is 5.97 Å². The number of thioether (sulfide) groups is 1. The zero-order chi connectivity index (χ0) is 31.9. The summed E-state index contributed by atoms with van der Waals surface area (Å²) in [5, 5.41) is 15.8. The fourth-order valence-electron chi connectivity index (χ4n) is 4.90. The van der Waals surface area contributed by atoms with Crippen LogP contribution in [0, 0.1) is 6.92 Å². The maximum Gasteiger partial charge on any atom is 0.315 e. The van der Waals surface area contributed by atoms with Crippen molar-refractivity contribution in [3.05, 3.63) is 29.6 Å². The number of hydrogen-bond acceptors (Lipinski definition) is 10. The van der Waals surface area contributed by atoms with Crippen LogP contribution in [0.1, 0.15) is 70.7 Å². The number of nitrogens with one attached hydrogen (secondary N) is 4. The van der Waals surface area contributed by atoms with Crippen molar-refractivity contribution < 1.29 is 33.2 Å². The van der Waals surface area contributed by atoms with Crippen LogP contribution in [0.4, 0.5) is 4.79 Å². The zero-order valence-corrected chi connectivity index (χ0v) is 26.7. The van der Waals surface area contributed by atoms with E-state index >= 15 is 0 Å². The molecule has 1 aliphatic rings. The molecule has 0 aliphatic carbocycles. The number of hydrogen-bond donors (Lipinski definition) is 4. The summed E-state index contributed by atoms with van der Waals surface area (Å²) in [6.45, 7) is 4.61. The second kappa shape index (κ2) is 19.6. The number of urea groups is 1. The maximum atomic E-state index is 12.3. The number of carbonyl (C=O) groups is 4. The average Bonchev–Trinajstić information content (AvgIpc) is 3.59. The van der Waals surface area contributed by atoms with Gasteiger partial charge < -0.3 is 35.3 Å². The molecule has 1 fully saturated rings. The van der Waals surface area contributed by atoms with Crippen molar-refractivity contribution in [1.82, 2.24) is 31.4 Å². The SMILES string of the molecule is C.COC(=O)Cc1cc(-c2nc(C)no2)ccc1OCC(=O)NCCCCCNC(=O)CCCCC(SC)C1NC(=O)NC1C. The highest BCUT2D eigenvalue weighted by molar-refractivity contribution is 7.99. The smallest absolute Gasteiger partial charge is 0.315 e. The van der Waals surface area contributed by atoms with Crippen molar-refractivity contribution >= 4 is 35.6 Å². The molecule has 4 N–H and O–H groups in total. The number of aromatic nitrogens is 2. The molecule has 14 heteroatoms. The molecule has 2 aromatic rings. The van der Waals surface area contributed by atoms with Crippen molar-refractivity contribution in [2.45, 2.75) is 90.0 Å². The lowest BCUT2D eigenvalue weighted by molar-refractivity contribution is -0.139. The summed E-state index contributed by atoms with van der Waals surface area (Å²) < 4.78 is 15.7. The third-order valence-electron chi connectivity index (χ3n) is 7.30. The van der Waals surface area contributed by atoms with Gasteiger partial charge in [0.25, 0.3) is 11.8 Å². The van der Waals surface area contributed by atoms with Gasteiger partial charge in [-0.1, -0.05) is 19.0 Å². The van der Waals surface area contributed by atoms with Gasteiger partial charge in [0.2, 0.25) is 5.91 Å². The summed E-state index contributed by atoms with van der Waals surface area (Å²) in [6, 6.07) is 5.19. The second-order valence-corrected chi connectivity index (χ2v) is 11.8. The molecule has 1 aromatic carbocycles. The molecular weight excluding hydrogens is 600 g/mol. The number of benzene rings is 1. The second-order valence-electron chi connectivity index (χ2n) is 10.7. The molecule has 0 spiro atoms. The first-order valence-corrected chi connectivity index (χ1v) is 16.3. The largest absolute Gasteiger partial charge is 0.483 e. The molecule has 0 bridgehead atoms. The predicted octanol–water partition coefficient (Wildman–Crippen LogP) is 3.54. The molecule has 250 valence electrons. The molecule has 2 heterocycles. The fraction of sp³-hybridized carbons (Fsp3) is 0.613. The molecule has 1 aliphatic heterocycles. The first-order valence-electron chi connectivity index (χ1n) is 15.0. The Labute approximate surface area is 269 Å². The lowest BCUT2D eigenvalue weighted by Crippen LogP contribution is -2.40. The Bertz CT molecular complexity index is 1260. The fourth-order valence-corrected chi connectivity index (χ4v) is 5.90. The van der Waals surface area contributed by atoms with Crippen LogP contribution in [0.5, 0.6) is 5.75 Å². The Hall–Kier alpha value is -3.81. The van der Waals surface area contributed by atoms with Gasteiger partial charge in [0, 0.05) is 41.9 Å². The number of aryl methyl sites for hydroxylation is 1. The van der Waals surface area contributed by atoms with Crippen LogP contribution in [0.25, 0.3) is 11.5 Å². The minimum atomic E-state index is -0.446. The Kier molecular flexibility index (Phi) is 16.2. The Balaban J connectivity index is 0.00000705. The molecule has 3 atom stereocenters. The number of carbonyl (C=O) groups excluding carboxylic acids is 4. The number of rotatable bonds is 19. The molecule has 1 aromatic heterocycles. The van der Waals surface area contributed by atoms with E-state index in [1.54, 1.807) is 36.9 Å². The third-order valence-corrected chi connectivity index (χ3v) is 8.43. The standard InChI is InChI=1S/C30H44N6O7S.CH4/c1-19-28(35-30(40)33-19)24(44-4)10-6-7-11-25(37)31-14-8-5-9-15-32-26(38)18-42-23-13-12-21(29-34-20(2)36-43-29)16-22(23)17-27(39)41-3;/h12-13,16,19,24,28H,5-11,14-15,17-18H2,1-4H3,(H,31,37)(H,32,38)(H2,33,35,40);1H4. The van der Waals surface area contributed by atoms with E-state index in [1.807, 2.05) is 6.92 Å². The van der Waals surface area contributed by atoms with Gasteiger partial charge in [0.05, 0.1) is 19.6 Å². The van der Waals surface area contributed by atoms with Crippen LogP contribution < -0.4 is 26.0 Å². The van der Waals surface area contributed by atoms with Crippen molar-refractivity contribution in [3.8, 4) is 17.2 Å². The number of amides is 4. The van der Waals surface area contributed by atoms with Crippen LogP contribution in [0.15, 0.2) is 22.7 Å². The zero-order valence-electron chi connectivity index (χ0n) is 25.9. The number of methoxy groups -OCH3 is 1.